The van der Waals surface area contributed by atoms with Gasteiger partial charge in [-0.15, -0.1) is 11.6 Å². The van der Waals surface area contributed by atoms with E-state index >= 15 is 0 Å². The molecule has 0 fully saturated rings. The number of hydrogen-bond donors (Lipinski definition) is 0. The van der Waals surface area contributed by atoms with Gasteiger partial charge in [0.05, 0.1) is 6.07 Å². The molecule has 3 heteroatoms. The van der Waals surface area contributed by atoms with E-state index in [1.165, 1.54) is 0 Å². The number of nitriles is 1. The highest BCUT2D eigenvalue weighted by atomic mass is 35.5. The monoisotopic (exact) mass is 221 g/mol. The van der Waals surface area contributed by atoms with Crippen LogP contribution in [-0.2, 0) is 6.42 Å². The Morgan fingerprint density at radius 1 is 1.53 bits per heavy atom. The fraction of sp³-hybridized carbons (Fsp3) is 0.417. The molecule has 0 saturated carbocycles. The summed E-state index contributed by atoms with van der Waals surface area (Å²) >= 11 is 5.93. The van der Waals surface area contributed by atoms with Gasteiger partial charge in [-0.25, -0.2) is 0 Å². The number of nitrogens with zero attached hydrogens (tertiary/aromatic N) is 1. The molecule has 0 N–H and O–H groups in total. The Bertz CT molecular complexity index is 434. The van der Waals surface area contributed by atoms with Crippen molar-refractivity contribution in [2.24, 2.45) is 0 Å². The van der Waals surface area contributed by atoms with Crippen LogP contribution in [-0.4, -0.2) is 5.60 Å². The predicted octanol–water partition coefficient (Wildman–Crippen LogP) is 3.20. The lowest BCUT2D eigenvalue weighted by atomic mass is 10.00. The summed E-state index contributed by atoms with van der Waals surface area (Å²) in [6.45, 7) is 4.07. The zero-order valence-electron chi connectivity index (χ0n) is 8.75. The molecule has 1 aliphatic heterocycles. The van der Waals surface area contributed by atoms with Crippen molar-refractivity contribution in [1.82, 2.24) is 0 Å². The molecule has 1 atom stereocenters. The Balaban J connectivity index is 2.47. The molecule has 1 aliphatic rings. The zero-order chi connectivity index (χ0) is 11.1. The maximum absolute atomic E-state index is 8.81. The van der Waals surface area contributed by atoms with E-state index in [-0.39, 0.29) is 5.60 Å². The van der Waals surface area contributed by atoms with Crippen molar-refractivity contribution in [3.05, 3.63) is 29.3 Å². The highest BCUT2D eigenvalue weighted by molar-refractivity contribution is 6.22. The first-order chi connectivity index (χ1) is 7.03. The molecule has 0 aromatic heterocycles. The van der Waals surface area contributed by atoms with Crippen LogP contribution < -0.4 is 4.74 Å². The van der Waals surface area contributed by atoms with Gasteiger partial charge in [0, 0.05) is 12.0 Å². The van der Waals surface area contributed by atoms with Gasteiger partial charge in [-0.3, -0.25) is 0 Å². The third kappa shape index (κ3) is 1.80. The van der Waals surface area contributed by atoms with Gasteiger partial charge in [-0.05, 0) is 19.4 Å². The molecule has 2 rings (SSSR count). The van der Waals surface area contributed by atoms with Gasteiger partial charge in [0.2, 0.25) is 0 Å². The number of rotatable bonds is 1. The summed E-state index contributed by atoms with van der Waals surface area (Å²) in [6.07, 6.45) is 0.866. The van der Waals surface area contributed by atoms with Crippen molar-refractivity contribution in [2.75, 3.05) is 0 Å². The minimum absolute atomic E-state index is 0.190. The van der Waals surface area contributed by atoms with Gasteiger partial charge in [0.15, 0.2) is 0 Å². The number of fused-ring (bicyclic) bond motifs is 1. The number of alkyl halides is 1. The van der Waals surface area contributed by atoms with Gasteiger partial charge < -0.3 is 4.74 Å². The van der Waals surface area contributed by atoms with Gasteiger partial charge >= 0.3 is 0 Å². The summed E-state index contributed by atoms with van der Waals surface area (Å²) in [6, 6.07) is 7.82. The van der Waals surface area contributed by atoms with E-state index in [2.05, 4.69) is 0 Å². The highest BCUT2D eigenvalue weighted by Gasteiger charge is 2.32. The van der Waals surface area contributed by atoms with E-state index < -0.39 is 5.38 Å². The summed E-state index contributed by atoms with van der Waals surface area (Å²) in [4.78, 5) is 0. The van der Waals surface area contributed by atoms with Crippen LogP contribution in [0.4, 0.5) is 0 Å². The standard InChI is InChI=1S/C12H12ClNO/c1-12(2)6-8-4-3-5-9(10(13)7-14)11(8)15-12/h3-5,10H,6H2,1-2H3. The first-order valence-electron chi connectivity index (χ1n) is 4.88. The van der Waals surface area contributed by atoms with Crippen LogP contribution in [0.15, 0.2) is 18.2 Å². The van der Waals surface area contributed by atoms with Gasteiger partial charge in [0.25, 0.3) is 0 Å². The molecule has 0 aliphatic carbocycles. The van der Waals surface area contributed by atoms with E-state index in [1.54, 1.807) is 0 Å². The molecule has 1 unspecified atom stereocenters. The number of halogens is 1. The first-order valence-corrected chi connectivity index (χ1v) is 5.31. The molecular weight excluding hydrogens is 210 g/mol. The number of ether oxygens (including phenoxy) is 1. The molecule has 2 nitrogen and oxygen atoms in total. The van der Waals surface area contributed by atoms with E-state index in [4.69, 9.17) is 21.6 Å². The zero-order valence-corrected chi connectivity index (χ0v) is 9.51. The first kappa shape index (κ1) is 10.3. The number of para-hydroxylation sites is 1. The number of benzene rings is 1. The largest absolute Gasteiger partial charge is 0.487 e. The van der Waals surface area contributed by atoms with Crippen LogP contribution in [0.1, 0.15) is 30.4 Å². The summed E-state index contributed by atoms with van der Waals surface area (Å²) in [5.74, 6) is 0.795. The number of hydrogen-bond acceptors (Lipinski definition) is 2. The Hall–Kier alpha value is -1.20. The average molecular weight is 222 g/mol. The third-order valence-corrected chi connectivity index (χ3v) is 2.84. The molecule has 0 bridgehead atoms. The molecule has 15 heavy (non-hydrogen) atoms. The SMILES string of the molecule is CC1(C)Cc2cccc(C(Cl)C#N)c2O1. The molecule has 1 heterocycles. The quantitative estimate of drug-likeness (QED) is 0.683. The highest BCUT2D eigenvalue weighted by Crippen LogP contribution is 2.41. The molecule has 0 saturated heterocycles. The van der Waals surface area contributed by atoms with E-state index in [9.17, 15) is 0 Å². The van der Waals surface area contributed by atoms with Gasteiger partial charge in [-0.1, -0.05) is 18.2 Å². The van der Waals surface area contributed by atoms with Crippen molar-refractivity contribution in [1.29, 1.82) is 5.26 Å². The van der Waals surface area contributed by atoms with E-state index in [0.29, 0.717) is 0 Å². The molecular formula is C12H12ClNO. The summed E-state index contributed by atoms with van der Waals surface area (Å²) in [7, 11) is 0. The molecule has 1 aromatic carbocycles. The van der Waals surface area contributed by atoms with Crippen LogP contribution in [0, 0.1) is 11.3 Å². The molecule has 0 amide bonds. The maximum atomic E-state index is 8.81. The van der Waals surface area contributed by atoms with Crippen molar-refractivity contribution in [2.45, 2.75) is 31.2 Å². The van der Waals surface area contributed by atoms with Crippen molar-refractivity contribution in [3.63, 3.8) is 0 Å². The van der Waals surface area contributed by atoms with Crippen molar-refractivity contribution >= 4 is 11.6 Å². The third-order valence-electron chi connectivity index (χ3n) is 2.51. The minimum Gasteiger partial charge on any atom is -0.487 e. The Morgan fingerprint density at radius 3 is 2.93 bits per heavy atom. The summed E-state index contributed by atoms with van der Waals surface area (Å²) in [5, 5.41) is 8.18. The lowest BCUT2D eigenvalue weighted by molar-refractivity contribution is 0.137. The van der Waals surface area contributed by atoms with Gasteiger partial charge in [0.1, 0.15) is 16.7 Å². The van der Waals surface area contributed by atoms with Crippen LogP contribution in [0.25, 0.3) is 0 Å². The van der Waals surface area contributed by atoms with Crippen LogP contribution in [0.2, 0.25) is 0 Å². The van der Waals surface area contributed by atoms with Crippen LogP contribution in [0.5, 0.6) is 5.75 Å². The molecule has 78 valence electrons. The smallest absolute Gasteiger partial charge is 0.149 e. The van der Waals surface area contributed by atoms with E-state index in [1.807, 2.05) is 38.1 Å². The normalized spacial score (nSPS) is 18.8. The fourth-order valence-electron chi connectivity index (χ4n) is 1.91. The fourth-order valence-corrected chi connectivity index (χ4v) is 2.08. The second-order valence-corrected chi connectivity index (χ2v) is 4.80. The van der Waals surface area contributed by atoms with Crippen molar-refractivity contribution in [3.8, 4) is 11.8 Å². The van der Waals surface area contributed by atoms with Crippen LogP contribution in [0.3, 0.4) is 0 Å². The second kappa shape index (κ2) is 3.43. The second-order valence-electron chi connectivity index (χ2n) is 4.37. The minimum atomic E-state index is -0.631. The lowest BCUT2D eigenvalue weighted by Crippen LogP contribution is -2.24. The van der Waals surface area contributed by atoms with Gasteiger partial charge in [-0.2, -0.15) is 5.26 Å². The topological polar surface area (TPSA) is 33.0 Å². The Morgan fingerprint density at radius 2 is 2.27 bits per heavy atom. The maximum Gasteiger partial charge on any atom is 0.149 e. The Labute approximate surface area is 94.4 Å². The Kier molecular flexibility index (Phi) is 2.36. The molecule has 1 aromatic rings. The average Bonchev–Trinajstić information content (AvgIpc) is 2.49. The summed E-state index contributed by atoms with van der Waals surface area (Å²) in [5.41, 5.74) is 1.73. The molecule has 0 spiro atoms. The van der Waals surface area contributed by atoms with Crippen LogP contribution >= 0.6 is 11.6 Å². The molecule has 0 radical (unpaired) electrons. The van der Waals surface area contributed by atoms with E-state index in [0.717, 1.165) is 23.3 Å². The summed E-state index contributed by atoms with van der Waals surface area (Å²) < 4.78 is 5.81. The van der Waals surface area contributed by atoms with Crippen molar-refractivity contribution < 1.29 is 4.74 Å². The lowest BCUT2D eigenvalue weighted by Gasteiger charge is -2.18. The predicted molar refractivity (Wildman–Crippen MR) is 59.1 cm³/mol.